The van der Waals surface area contributed by atoms with Gasteiger partial charge >= 0.3 is 0 Å². The zero-order chi connectivity index (χ0) is 10.7. The fourth-order valence-electron chi connectivity index (χ4n) is 1.10. The molecule has 0 amide bonds. The van der Waals surface area contributed by atoms with Crippen LogP contribution in [0.2, 0.25) is 0 Å². The van der Waals surface area contributed by atoms with E-state index < -0.39 is 17.7 Å². The van der Waals surface area contributed by atoms with E-state index in [1.165, 1.54) is 13.2 Å². The zero-order valence-electron chi connectivity index (χ0n) is 7.56. The van der Waals surface area contributed by atoms with Crippen molar-refractivity contribution in [2.45, 2.75) is 6.04 Å². The summed E-state index contributed by atoms with van der Waals surface area (Å²) in [5.41, 5.74) is 6.17. The molecular formula is C9H10BrF2NO. The lowest BCUT2D eigenvalue weighted by Gasteiger charge is -2.13. The van der Waals surface area contributed by atoms with Gasteiger partial charge in [-0.15, -0.1) is 0 Å². The van der Waals surface area contributed by atoms with Crippen LogP contribution in [0.15, 0.2) is 16.6 Å². The Labute approximate surface area is 89.2 Å². The molecule has 0 aromatic heterocycles. The summed E-state index contributed by atoms with van der Waals surface area (Å²) in [6.45, 7) is 0.254. The molecule has 0 saturated heterocycles. The molecule has 0 spiro atoms. The first kappa shape index (κ1) is 11.6. The van der Waals surface area contributed by atoms with Gasteiger partial charge in [-0.05, 0) is 27.6 Å². The third-order valence-electron chi connectivity index (χ3n) is 1.81. The summed E-state index contributed by atoms with van der Waals surface area (Å²) >= 11 is 2.95. The van der Waals surface area contributed by atoms with Crippen LogP contribution in [0, 0.1) is 11.6 Å². The fourth-order valence-corrected chi connectivity index (χ4v) is 1.71. The predicted molar refractivity (Wildman–Crippen MR) is 52.9 cm³/mol. The van der Waals surface area contributed by atoms with Gasteiger partial charge in [-0.1, -0.05) is 6.07 Å². The van der Waals surface area contributed by atoms with Crippen LogP contribution in [0.25, 0.3) is 0 Å². The summed E-state index contributed by atoms with van der Waals surface area (Å²) in [6.07, 6.45) is 0. The van der Waals surface area contributed by atoms with Crippen molar-refractivity contribution >= 4 is 15.9 Å². The largest absolute Gasteiger partial charge is 0.383 e. The number of methoxy groups -OCH3 is 1. The van der Waals surface area contributed by atoms with Gasteiger partial charge in [0.15, 0.2) is 11.6 Å². The fraction of sp³-hybridized carbons (Fsp3) is 0.333. The SMILES string of the molecule is COCC(N)c1ccc(F)c(F)c1Br. The lowest BCUT2D eigenvalue weighted by Crippen LogP contribution is -2.17. The summed E-state index contributed by atoms with van der Waals surface area (Å²) in [6, 6.07) is 2.02. The predicted octanol–water partition coefficient (Wildman–Crippen LogP) is 2.37. The third kappa shape index (κ3) is 2.29. The second kappa shape index (κ2) is 4.82. The van der Waals surface area contributed by atoms with Gasteiger partial charge in [0.05, 0.1) is 17.1 Å². The molecule has 0 bridgehead atoms. The second-order valence-electron chi connectivity index (χ2n) is 2.83. The van der Waals surface area contributed by atoms with E-state index in [-0.39, 0.29) is 11.1 Å². The number of hydrogen-bond donors (Lipinski definition) is 1. The highest BCUT2D eigenvalue weighted by molar-refractivity contribution is 9.10. The van der Waals surface area contributed by atoms with Crippen LogP contribution in [-0.2, 0) is 4.74 Å². The first-order valence-electron chi connectivity index (χ1n) is 3.95. The molecule has 0 fully saturated rings. The number of hydrogen-bond acceptors (Lipinski definition) is 2. The van der Waals surface area contributed by atoms with E-state index in [2.05, 4.69) is 15.9 Å². The van der Waals surface area contributed by atoms with E-state index >= 15 is 0 Å². The van der Waals surface area contributed by atoms with E-state index in [4.69, 9.17) is 10.5 Å². The molecule has 0 saturated carbocycles. The van der Waals surface area contributed by atoms with Crippen LogP contribution in [0.3, 0.4) is 0 Å². The van der Waals surface area contributed by atoms with Crippen molar-refractivity contribution in [3.8, 4) is 0 Å². The van der Waals surface area contributed by atoms with Crippen molar-refractivity contribution in [2.24, 2.45) is 5.73 Å². The van der Waals surface area contributed by atoms with Gasteiger partial charge in [-0.3, -0.25) is 0 Å². The highest BCUT2D eigenvalue weighted by Gasteiger charge is 2.15. The molecule has 1 rings (SSSR count). The molecule has 0 aliphatic rings. The first-order valence-corrected chi connectivity index (χ1v) is 4.75. The molecule has 78 valence electrons. The van der Waals surface area contributed by atoms with E-state index in [0.29, 0.717) is 5.56 Å². The summed E-state index contributed by atoms with van der Waals surface area (Å²) in [7, 11) is 1.49. The monoisotopic (exact) mass is 265 g/mol. The Kier molecular flexibility index (Phi) is 3.97. The molecule has 1 unspecified atom stereocenters. The number of nitrogens with two attached hydrogens (primary N) is 1. The Morgan fingerprint density at radius 1 is 1.50 bits per heavy atom. The van der Waals surface area contributed by atoms with Crippen molar-refractivity contribution in [1.82, 2.24) is 0 Å². The van der Waals surface area contributed by atoms with Crippen molar-refractivity contribution in [1.29, 1.82) is 0 Å². The van der Waals surface area contributed by atoms with Gasteiger partial charge in [-0.25, -0.2) is 8.78 Å². The van der Waals surface area contributed by atoms with Crippen LogP contribution in [0.1, 0.15) is 11.6 Å². The van der Waals surface area contributed by atoms with Gasteiger partial charge in [-0.2, -0.15) is 0 Å². The highest BCUT2D eigenvalue weighted by Crippen LogP contribution is 2.26. The summed E-state index contributed by atoms with van der Waals surface area (Å²) < 4.78 is 30.7. The molecule has 2 N–H and O–H groups in total. The smallest absolute Gasteiger partial charge is 0.173 e. The van der Waals surface area contributed by atoms with Crippen LogP contribution < -0.4 is 5.73 Å². The minimum Gasteiger partial charge on any atom is -0.383 e. The number of ether oxygens (including phenoxy) is 1. The number of benzene rings is 1. The Morgan fingerprint density at radius 3 is 2.71 bits per heavy atom. The van der Waals surface area contributed by atoms with Crippen LogP contribution in [-0.4, -0.2) is 13.7 Å². The Hall–Kier alpha value is -0.520. The van der Waals surface area contributed by atoms with Crippen LogP contribution in [0.4, 0.5) is 8.78 Å². The topological polar surface area (TPSA) is 35.2 Å². The molecule has 0 aliphatic heterocycles. The van der Waals surface area contributed by atoms with Gasteiger partial charge in [0.1, 0.15) is 0 Å². The Balaban J connectivity index is 3.04. The molecule has 0 aliphatic carbocycles. The van der Waals surface area contributed by atoms with Crippen LogP contribution >= 0.6 is 15.9 Å². The molecule has 0 heterocycles. The summed E-state index contributed by atoms with van der Waals surface area (Å²) in [5.74, 6) is -1.82. The zero-order valence-corrected chi connectivity index (χ0v) is 9.14. The van der Waals surface area contributed by atoms with Gasteiger partial charge in [0, 0.05) is 7.11 Å². The Bertz CT molecular complexity index is 333. The Morgan fingerprint density at radius 2 is 2.14 bits per heavy atom. The molecule has 1 aromatic carbocycles. The summed E-state index contributed by atoms with van der Waals surface area (Å²) in [4.78, 5) is 0. The lowest BCUT2D eigenvalue weighted by molar-refractivity contribution is 0.180. The molecule has 0 radical (unpaired) electrons. The minimum absolute atomic E-state index is 0.0575. The average molecular weight is 266 g/mol. The first-order chi connectivity index (χ1) is 6.57. The van der Waals surface area contributed by atoms with Crippen molar-refractivity contribution in [3.05, 3.63) is 33.8 Å². The van der Waals surface area contributed by atoms with E-state index in [0.717, 1.165) is 6.07 Å². The third-order valence-corrected chi connectivity index (χ3v) is 2.62. The van der Waals surface area contributed by atoms with Crippen molar-refractivity contribution < 1.29 is 13.5 Å². The standard InChI is InChI=1S/C9H10BrF2NO/c1-14-4-7(13)5-2-3-6(11)9(12)8(5)10/h2-3,7H,4,13H2,1H3. The van der Waals surface area contributed by atoms with E-state index in [1.807, 2.05) is 0 Å². The molecule has 2 nitrogen and oxygen atoms in total. The molecule has 14 heavy (non-hydrogen) atoms. The molecular weight excluding hydrogens is 256 g/mol. The van der Waals surface area contributed by atoms with Gasteiger partial charge in [0.2, 0.25) is 0 Å². The summed E-state index contributed by atoms with van der Waals surface area (Å²) in [5, 5.41) is 0. The highest BCUT2D eigenvalue weighted by atomic mass is 79.9. The van der Waals surface area contributed by atoms with Gasteiger partial charge < -0.3 is 10.5 Å². The number of rotatable bonds is 3. The average Bonchev–Trinajstić information content (AvgIpc) is 2.15. The normalized spacial score (nSPS) is 12.9. The number of halogens is 3. The second-order valence-corrected chi connectivity index (χ2v) is 3.62. The lowest BCUT2D eigenvalue weighted by atomic mass is 10.1. The maximum atomic E-state index is 13.1. The van der Waals surface area contributed by atoms with Gasteiger partial charge in [0.25, 0.3) is 0 Å². The molecule has 5 heteroatoms. The van der Waals surface area contributed by atoms with Crippen molar-refractivity contribution in [2.75, 3.05) is 13.7 Å². The van der Waals surface area contributed by atoms with E-state index in [1.54, 1.807) is 0 Å². The van der Waals surface area contributed by atoms with E-state index in [9.17, 15) is 8.78 Å². The van der Waals surface area contributed by atoms with Crippen molar-refractivity contribution in [3.63, 3.8) is 0 Å². The van der Waals surface area contributed by atoms with Crippen LogP contribution in [0.5, 0.6) is 0 Å². The minimum atomic E-state index is -0.922. The maximum Gasteiger partial charge on any atom is 0.173 e. The molecule has 1 atom stereocenters. The quantitative estimate of drug-likeness (QED) is 0.852. The maximum absolute atomic E-state index is 13.1. The molecule has 1 aromatic rings.